The van der Waals surface area contributed by atoms with Crippen LogP contribution in [-0.4, -0.2) is 36.8 Å². The minimum absolute atomic E-state index is 0.437. The number of aromatic nitrogens is 1. The van der Waals surface area contributed by atoms with Crippen molar-refractivity contribution in [2.24, 2.45) is 0 Å². The van der Waals surface area contributed by atoms with E-state index in [4.69, 9.17) is 4.74 Å². The smallest absolute Gasteiger partial charge is 0.0608 e. The van der Waals surface area contributed by atoms with Crippen LogP contribution in [0.1, 0.15) is 44.9 Å². The first-order valence-corrected chi connectivity index (χ1v) is 8.15. The highest BCUT2D eigenvalue weighted by atomic mass is 16.5. The number of hydrogen-bond donors (Lipinski definition) is 1. The zero-order chi connectivity index (χ0) is 15.2. The molecular weight excluding hydrogens is 262 g/mol. The van der Waals surface area contributed by atoms with Crippen LogP contribution < -0.4 is 10.2 Å². The Hall–Kier alpha value is -1.13. The molecule has 4 nitrogen and oxygen atoms in total. The SMILES string of the molecule is CCOC1CCN(c2cc(C)ncc2CNC(C)C)CC1. The molecule has 0 bridgehead atoms. The maximum absolute atomic E-state index is 5.75. The van der Waals surface area contributed by atoms with E-state index in [1.807, 2.05) is 6.20 Å². The number of nitrogens with zero attached hydrogens (tertiary/aromatic N) is 2. The Balaban J connectivity index is 2.06. The van der Waals surface area contributed by atoms with Crippen molar-refractivity contribution in [3.63, 3.8) is 0 Å². The minimum atomic E-state index is 0.437. The summed E-state index contributed by atoms with van der Waals surface area (Å²) in [7, 11) is 0. The molecule has 0 aliphatic carbocycles. The van der Waals surface area contributed by atoms with E-state index in [0.29, 0.717) is 12.1 Å². The van der Waals surface area contributed by atoms with Crippen LogP contribution in [0, 0.1) is 6.92 Å². The van der Waals surface area contributed by atoms with Crippen molar-refractivity contribution in [2.45, 2.75) is 59.2 Å². The highest BCUT2D eigenvalue weighted by Gasteiger charge is 2.21. The largest absolute Gasteiger partial charge is 0.378 e. The van der Waals surface area contributed by atoms with Crippen LogP contribution in [0.3, 0.4) is 0 Å². The summed E-state index contributed by atoms with van der Waals surface area (Å²) in [6, 6.07) is 2.71. The number of pyridine rings is 1. The van der Waals surface area contributed by atoms with Crippen molar-refractivity contribution >= 4 is 5.69 Å². The van der Waals surface area contributed by atoms with Gasteiger partial charge in [0.25, 0.3) is 0 Å². The Morgan fingerprint density at radius 3 is 2.71 bits per heavy atom. The second-order valence-corrected chi connectivity index (χ2v) is 6.13. The molecule has 0 unspecified atom stereocenters. The van der Waals surface area contributed by atoms with Gasteiger partial charge in [-0.15, -0.1) is 0 Å². The van der Waals surface area contributed by atoms with Crippen molar-refractivity contribution in [1.82, 2.24) is 10.3 Å². The number of aryl methyl sites for hydroxylation is 1. The molecule has 0 saturated carbocycles. The molecule has 118 valence electrons. The fourth-order valence-electron chi connectivity index (χ4n) is 2.82. The highest BCUT2D eigenvalue weighted by Crippen LogP contribution is 2.25. The van der Waals surface area contributed by atoms with E-state index in [0.717, 1.165) is 44.8 Å². The summed E-state index contributed by atoms with van der Waals surface area (Å²) in [5.74, 6) is 0. The summed E-state index contributed by atoms with van der Waals surface area (Å²) in [4.78, 5) is 6.95. The Kier molecular flexibility index (Phi) is 6.00. The van der Waals surface area contributed by atoms with Gasteiger partial charge in [0.2, 0.25) is 0 Å². The van der Waals surface area contributed by atoms with E-state index in [9.17, 15) is 0 Å². The predicted octanol–water partition coefficient (Wildman–Crippen LogP) is 2.89. The number of anilines is 1. The maximum atomic E-state index is 5.75. The summed E-state index contributed by atoms with van der Waals surface area (Å²) in [6.07, 6.45) is 4.69. The van der Waals surface area contributed by atoms with Gasteiger partial charge in [-0.25, -0.2) is 0 Å². The molecule has 0 atom stereocenters. The maximum Gasteiger partial charge on any atom is 0.0608 e. The zero-order valence-corrected chi connectivity index (χ0v) is 13.9. The van der Waals surface area contributed by atoms with E-state index in [1.165, 1.54) is 11.3 Å². The second kappa shape index (κ2) is 7.76. The van der Waals surface area contributed by atoms with Crippen LogP contribution in [0.15, 0.2) is 12.3 Å². The van der Waals surface area contributed by atoms with Gasteiger partial charge in [-0.05, 0) is 32.8 Å². The Bertz CT molecular complexity index is 440. The Morgan fingerprint density at radius 2 is 2.10 bits per heavy atom. The quantitative estimate of drug-likeness (QED) is 0.874. The summed E-state index contributed by atoms with van der Waals surface area (Å²) in [5, 5.41) is 3.50. The van der Waals surface area contributed by atoms with Crippen LogP contribution in [0.2, 0.25) is 0 Å². The third-order valence-electron chi connectivity index (χ3n) is 3.98. The Labute approximate surface area is 128 Å². The first-order valence-electron chi connectivity index (χ1n) is 8.15. The van der Waals surface area contributed by atoms with Gasteiger partial charge in [0.05, 0.1) is 6.10 Å². The van der Waals surface area contributed by atoms with E-state index in [2.05, 4.69) is 49.0 Å². The molecule has 1 N–H and O–H groups in total. The predicted molar refractivity (Wildman–Crippen MR) is 87.8 cm³/mol. The van der Waals surface area contributed by atoms with Crippen molar-refractivity contribution in [3.8, 4) is 0 Å². The van der Waals surface area contributed by atoms with Crippen molar-refractivity contribution in [2.75, 3.05) is 24.6 Å². The molecule has 1 aliphatic heterocycles. The summed E-state index contributed by atoms with van der Waals surface area (Å²) in [6.45, 7) is 12.3. The third kappa shape index (κ3) is 4.68. The monoisotopic (exact) mass is 291 g/mol. The van der Waals surface area contributed by atoms with E-state index in [1.54, 1.807) is 0 Å². The van der Waals surface area contributed by atoms with Gasteiger partial charge >= 0.3 is 0 Å². The molecule has 0 aromatic carbocycles. The third-order valence-corrected chi connectivity index (χ3v) is 3.98. The van der Waals surface area contributed by atoms with Crippen LogP contribution in [0.25, 0.3) is 0 Å². The molecule has 1 aromatic rings. The van der Waals surface area contributed by atoms with E-state index >= 15 is 0 Å². The molecule has 21 heavy (non-hydrogen) atoms. The van der Waals surface area contributed by atoms with Crippen LogP contribution in [-0.2, 0) is 11.3 Å². The van der Waals surface area contributed by atoms with Gasteiger partial charge in [-0.1, -0.05) is 13.8 Å². The number of hydrogen-bond acceptors (Lipinski definition) is 4. The first-order chi connectivity index (χ1) is 10.1. The van der Waals surface area contributed by atoms with Crippen LogP contribution in [0.4, 0.5) is 5.69 Å². The van der Waals surface area contributed by atoms with Gasteiger partial charge in [-0.3, -0.25) is 4.98 Å². The van der Waals surface area contributed by atoms with Gasteiger partial charge in [0.1, 0.15) is 0 Å². The number of ether oxygens (including phenoxy) is 1. The normalized spacial score (nSPS) is 16.7. The minimum Gasteiger partial charge on any atom is -0.378 e. The van der Waals surface area contributed by atoms with Gasteiger partial charge in [0, 0.05) is 55.4 Å². The number of piperidine rings is 1. The molecule has 2 rings (SSSR count). The van der Waals surface area contributed by atoms with Crippen LogP contribution >= 0.6 is 0 Å². The van der Waals surface area contributed by atoms with Gasteiger partial charge in [0.15, 0.2) is 0 Å². The molecule has 1 saturated heterocycles. The first kappa shape index (κ1) is 16.2. The molecule has 1 aromatic heterocycles. The molecule has 0 amide bonds. The fraction of sp³-hybridized carbons (Fsp3) is 0.706. The average Bonchev–Trinajstić information content (AvgIpc) is 2.47. The lowest BCUT2D eigenvalue weighted by Crippen LogP contribution is -2.38. The highest BCUT2D eigenvalue weighted by molar-refractivity contribution is 5.54. The molecule has 0 radical (unpaired) electrons. The molecule has 4 heteroatoms. The van der Waals surface area contributed by atoms with Crippen molar-refractivity contribution in [3.05, 3.63) is 23.5 Å². The molecule has 2 heterocycles. The topological polar surface area (TPSA) is 37.4 Å². The summed E-state index contributed by atoms with van der Waals surface area (Å²) >= 11 is 0. The van der Waals surface area contributed by atoms with Gasteiger partial charge < -0.3 is 15.0 Å². The molecule has 1 fully saturated rings. The number of nitrogens with one attached hydrogen (secondary N) is 1. The lowest BCUT2D eigenvalue weighted by atomic mass is 10.1. The average molecular weight is 291 g/mol. The summed E-state index contributed by atoms with van der Waals surface area (Å²) < 4.78 is 5.75. The Morgan fingerprint density at radius 1 is 1.38 bits per heavy atom. The molecule has 0 spiro atoms. The second-order valence-electron chi connectivity index (χ2n) is 6.13. The molecular formula is C17H29N3O. The van der Waals surface area contributed by atoms with E-state index < -0.39 is 0 Å². The number of rotatable bonds is 6. The van der Waals surface area contributed by atoms with Crippen molar-refractivity contribution < 1.29 is 4.74 Å². The van der Waals surface area contributed by atoms with Crippen molar-refractivity contribution in [1.29, 1.82) is 0 Å². The molecule has 1 aliphatic rings. The van der Waals surface area contributed by atoms with Gasteiger partial charge in [-0.2, -0.15) is 0 Å². The standard InChI is InChI=1S/C17H29N3O/c1-5-21-16-6-8-20(9-7-16)17-10-14(4)19-12-15(17)11-18-13(2)3/h10,12-13,16,18H,5-9,11H2,1-4H3. The van der Waals surface area contributed by atoms with E-state index in [-0.39, 0.29) is 0 Å². The summed E-state index contributed by atoms with van der Waals surface area (Å²) in [5.41, 5.74) is 3.72. The lowest BCUT2D eigenvalue weighted by Gasteiger charge is -2.34. The zero-order valence-electron chi connectivity index (χ0n) is 13.9. The lowest BCUT2D eigenvalue weighted by molar-refractivity contribution is 0.0459. The fourth-order valence-corrected chi connectivity index (χ4v) is 2.82. The van der Waals surface area contributed by atoms with Crippen LogP contribution in [0.5, 0.6) is 0 Å².